The number of hydrogen-bond donors (Lipinski definition) is 0. The lowest BCUT2D eigenvalue weighted by Gasteiger charge is -2.28. The van der Waals surface area contributed by atoms with Crippen LogP contribution < -0.4 is 9.80 Å². The molecule has 6 aromatic carbocycles. The highest BCUT2D eigenvalue weighted by Crippen LogP contribution is 2.42. The van der Waals surface area contributed by atoms with E-state index in [4.69, 9.17) is 18.9 Å². The van der Waals surface area contributed by atoms with Crippen LogP contribution in [0.4, 0.5) is 34.1 Å². The minimum atomic E-state index is -0.426. The predicted octanol–water partition coefficient (Wildman–Crippen LogP) is 19.3. The standard InChI is InChI=1S/C74H88N2O8/c1-9-15-21-29-69(83-73(79)13-5)59-35-43-63(44-36-59)75(61-39-31-57(32-40-61)27-23-17-19-25-51-81-71(77)11-3)65-47-49-67(55(7)53-65)68-50-48-66(54-56(68)8)76(62-41-33-58(34-42-62)28-24-18-20-26-52-82-72(78)12-4)64-45-37-60(38-46-64)70(30-22-16-10-2)84-74(80)14-6/h11-14,31-50,53-54,69-70H,3-6,9-10,15-30,51-52H2,1-2,7-8H3. The van der Waals surface area contributed by atoms with Crippen molar-refractivity contribution in [2.24, 2.45) is 0 Å². The summed E-state index contributed by atoms with van der Waals surface area (Å²) in [5.74, 6) is -1.61. The first-order chi connectivity index (χ1) is 40.9. The van der Waals surface area contributed by atoms with Crippen LogP contribution in [-0.4, -0.2) is 37.1 Å². The molecule has 0 amide bonds. The molecule has 0 aliphatic rings. The average Bonchev–Trinajstić information content (AvgIpc) is 3.64. The van der Waals surface area contributed by atoms with E-state index in [1.807, 2.05) is 0 Å². The van der Waals surface area contributed by atoms with Gasteiger partial charge in [0.15, 0.2) is 0 Å². The van der Waals surface area contributed by atoms with Crippen LogP contribution in [0.2, 0.25) is 0 Å². The number of carbonyl (C=O) groups is 4. The van der Waals surface area contributed by atoms with Crippen LogP contribution in [0.5, 0.6) is 0 Å². The fraction of sp³-hybridized carbons (Fsp3) is 0.351. The van der Waals surface area contributed by atoms with Crippen molar-refractivity contribution in [2.45, 2.75) is 155 Å². The Bertz CT molecular complexity index is 2860. The first-order valence-electron chi connectivity index (χ1n) is 30.3. The molecule has 10 heteroatoms. The SMILES string of the molecule is C=CC(=O)OCCCCCCc1ccc(N(c2ccc(C(CCCCC)OC(=O)C=C)cc2)c2ccc(-c3ccc(N(c4ccc(CCCCCCOC(=O)C=C)cc4)c4ccc(C(CCCCC)OC(=O)C=C)cc4)cc3C)c(C)c2)cc1. The summed E-state index contributed by atoms with van der Waals surface area (Å²) in [6.07, 6.45) is 21.4. The second kappa shape index (κ2) is 35.0. The molecule has 0 aliphatic heterocycles. The third-order valence-electron chi connectivity index (χ3n) is 15.2. The first-order valence-corrected chi connectivity index (χ1v) is 30.3. The Hall–Kier alpha value is -8.24. The highest BCUT2D eigenvalue weighted by molar-refractivity contribution is 5.85. The molecule has 84 heavy (non-hydrogen) atoms. The monoisotopic (exact) mass is 1130 g/mol. The van der Waals surface area contributed by atoms with Gasteiger partial charge < -0.3 is 28.7 Å². The third kappa shape index (κ3) is 20.0. The van der Waals surface area contributed by atoms with Gasteiger partial charge in [-0.05, 0) is 195 Å². The van der Waals surface area contributed by atoms with E-state index in [0.29, 0.717) is 13.2 Å². The zero-order valence-electron chi connectivity index (χ0n) is 50.3. The van der Waals surface area contributed by atoms with Crippen LogP contribution in [0.25, 0.3) is 11.1 Å². The van der Waals surface area contributed by atoms with Crippen molar-refractivity contribution in [1.29, 1.82) is 0 Å². The molecule has 6 aromatic rings. The summed E-state index contributed by atoms with van der Waals surface area (Å²) >= 11 is 0. The normalized spacial score (nSPS) is 11.6. The summed E-state index contributed by atoms with van der Waals surface area (Å²) in [7, 11) is 0. The summed E-state index contributed by atoms with van der Waals surface area (Å²) in [5, 5.41) is 0. The number of aryl methyl sites for hydroxylation is 4. The Labute approximate surface area is 500 Å². The highest BCUT2D eigenvalue weighted by atomic mass is 16.5. The molecular formula is C74H88N2O8. The van der Waals surface area contributed by atoms with Crippen molar-refractivity contribution in [3.63, 3.8) is 0 Å². The maximum Gasteiger partial charge on any atom is 0.330 e. The molecule has 0 aliphatic carbocycles. The van der Waals surface area contributed by atoms with Crippen LogP contribution in [-0.2, 0) is 51.0 Å². The summed E-state index contributed by atoms with van der Waals surface area (Å²) in [4.78, 5) is 52.4. The Morgan fingerprint density at radius 1 is 0.393 bits per heavy atom. The van der Waals surface area contributed by atoms with Gasteiger partial charge in [0.05, 0.1) is 13.2 Å². The molecular weight excluding hydrogens is 1040 g/mol. The molecule has 0 saturated heterocycles. The zero-order chi connectivity index (χ0) is 60.1. The van der Waals surface area contributed by atoms with Gasteiger partial charge in [0.2, 0.25) is 0 Å². The molecule has 10 nitrogen and oxygen atoms in total. The molecule has 6 rings (SSSR count). The van der Waals surface area contributed by atoms with E-state index < -0.39 is 11.9 Å². The quantitative estimate of drug-likeness (QED) is 0.0162. The fourth-order valence-electron chi connectivity index (χ4n) is 10.5. The second-order valence-corrected chi connectivity index (χ2v) is 21.5. The number of unbranched alkanes of at least 4 members (excludes halogenated alkanes) is 10. The molecule has 0 spiro atoms. The number of hydrogen-bond acceptors (Lipinski definition) is 10. The molecule has 0 aromatic heterocycles. The highest BCUT2D eigenvalue weighted by Gasteiger charge is 2.22. The van der Waals surface area contributed by atoms with Gasteiger partial charge in [0, 0.05) is 58.4 Å². The van der Waals surface area contributed by atoms with E-state index in [2.05, 4.69) is 197 Å². The molecule has 0 radical (unpaired) electrons. The van der Waals surface area contributed by atoms with Gasteiger partial charge >= 0.3 is 23.9 Å². The lowest BCUT2D eigenvalue weighted by molar-refractivity contribution is -0.144. The Morgan fingerprint density at radius 2 is 0.714 bits per heavy atom. The number of carbonyl (C=O) groups excluding carboxylic acids is 4. The predicted molar refractivity (Wildman–Crippen MR) is 344 cm³/mol. The molecule has 442 valence electrons. The number of benzene rings is 6. The van der Waals surface area contributed by atoms with Crippen molar-refractivity contribution >= 4 is 58.0 Å². The van der Waals surface area contributed by atoms with Crippen molar-refractivity contribution in [1.82, 2.24) is 0 Å². The van der Waals surface area contributed by atoms with Crippen molar-refractivity contribution < 1.29 is 38.1 Å². The Balaban J connectivity index is 1.30. The first kappa shape index (κ1) is 64.9. The largest absolute Gasteiger partial charge is 0.463 e. The molecule has 0 heterocycles. The summed E-state index contributed by atoms with van der Waals surface area (Å²) in [5.41, 5.74) is 14.9. The van der Waals surface area contributed by atoms with E-state index in [0.717, 1.165) is 183 Å². The lowest BCUT2D eigenvalue weighted by atomic mass is 9.95. The van der Waals surface area contributed by atoms with Crippen molar-refractivity contribution in [2.75, 3.05) is 23.0 Å². The molecule has 0 saturated carbocycles. The van der Waals surface area contributed by atoms with Crippen LogP contribution in [0.15, 0.2) is 184 Å². The van der Waals surface area contributed by atoms with E-state index >= 15 is 0 Å². The maximum atomic E-state index is 12.5. The summed E-state index contributed by atoms with van der Waals surface area (Å²) in [6, 6.07) is 47.7. The number of ether oxygens (including phenoxy) is 4. The second-order valence-electron chi connectivity index (χ2n) is 21.5. The minimum absolute atomic E-state index is 0.370. The Kier molecular flexibility index (Phi) is 27.1. The average molecular weight is 1130 g/mol. The van der Waals surface area contributed by atoms with Crippen LogP contribution >= 0.6 is 0 Å². The number of nitrogens with zero attached hydrogens (tertiary/aromatic N) is 2. The van der Waals surface area contributed by atoms with E-state index in [1.54, 1.807) is 0 Å². The number of rotatable bonds is 37. The number of anilines is 6. The van der Waals surface area contributed by atoms with Crippen LogP contribution in [0.3, 0.4) is 0 Å². The van der Waals surface area contributed by atoms with E-state index in [1.165, 1.54) is 35.4 Å². The van der Waals surface area contributed by atoms with Crippen molar-refractivity contribution in [3.8, 4) is 11.1 Å². The fourth-order valence-corrected chi connectivity index (χ4v) is 10.5. The minimum Gasteiger partial charge on any atom is -0.463 e. The third-order valence-corrected chi connectivity index (χ3v) is 15.2. The van der Waals surface area contributed by atoms with Gasteiger partial charge in [-0.3, -0.25) is 0 Å². The molecule has 0 fully saturated rings. The smallest absolute Gasteiger partial charge is 0.330 e. The van der Waals surface area contributed by atoms with Gasteiger partial charge in [-0.25, -0.2) is 19.2 Å². The van der Waals surface area contributed by atoms with Gasteiger partial charge in [-0.2, -0.15) is 0 Å². The van der Waals surface area contributed by atoms with Gasteiger partial charge in [0.1, 0.15) is 12.2 Å². The Morgan fingerprint density at radius 3 is 1.04 bits per heavy atom. The molecule has 0 bridgehead atoms. The van der Waals surface area contributed by atoms with E-state index in [-0.39, 0.29) is 24.1 Å². The summed E-state index contributed by atoms with van der Waals surface area (Å²) < 4.78 is 22.1. The van der Waals surface area contributed by atoms with E-state index in [9.17, 15) is 19.2 Å². The molecule has 0 N–H and O–H groups in total. The van der Waals surface area contributed by atoms with Crippen molar-refractivity contribution in [3.05, 3.63) is 217 Å². The van der Waals surface area contributed by atoms with Gasteiger partial charge in [0.25, 0.3) is 0 Å². The van der Waals surface area contributed by atoms with Crippen LogP contribution in [0, 0.1) is 13.8 Å². The van der Waals surface area contributed by atoms with Gasteiger partial charge in [-0.15, -0.1) is 0 Å². The summed E-state index contributed by atoms with van der Waals surface area (Å²) in [6.45, 7) is 23.7. The van der Waals surface area contributed by atoms with Gasteiger partial charge in [-0.1, -0.05) is 152 Å². The maximum absolute atomic E-state index is 12.5. The lowest BCUT2D eigenvalue weighted by Crippen LogP contribution is -2.12. The van der Waals surface area contributed by atoms with Crippen LogP contribution in [0.1, 0.15) is 162 Å². The zero-order valence-corrected chi connectivity index (χ0v) is 50.3. The topological polar surface area (TPSA) is 112 Å². The molecule has 2 unspecified atom stereocenters. The molecule has 2 atom stereocenters. The number of esters is 4.